The predicted molar refractivity (Wildman–Crippen MR) is 88.4 cm³/mol. The number of amides is 2. The number of carbonyl (C=O) groups is 2. The average Bonchev–Trinajstić information content (AvgIpc) is 2.61. The van der Waals surface area contributed by atoms with Gasteiger partial charge in [0.2, 0.25) is 5.91 Å². The largest absolute Gasteiger partial charge is 0.493 e. The summed E-state index contributed by atoms with van der Waals surface area (Å²) in [7, 11) is 3.14. The molecule has 0 bridgehead atoms. The lowest BCUT2D eigenvalue weighted by Crippen LogP contribution is -2.51. The third-order valence-corrected chi connectivity index (χ3v) is 3.96. The van der Waals surface area contributed by atoms with Crippen molar-refractivity contribution >= 4 is 12.0 Å². The third kappa shape index (κ3) is 4.31. The highest BCUT2D eigenvalue weighted by molar-refractivity contribution is 5.79. The molecule has 0 N–H and O–H groups in total. The molecule has 0 aliphatic carbocycles. The molecule has 0 unspecified atom stereocenters. The number of hydrogen-bond acceptors (Lipinski definition) is 5. The van der Waals surface area contributed by atoms with E-state index in [0.29, 0.717) is 50.7 Å². The molecule has 0 saturated carbocycles. The molecule has 1 heterocycles. The van der Waals surface area contributed by atoms with Gasteiger partial charge in [-0.15, -0.1) is 0 Å². The standard InChI is InChI=1S/C17H24N2O5/c1-4-24-17(21)19-9-7-18(8-10-19)16(20)12-13-5-6-14(22-2)15(11-13)23-3/h5-6,11H,4,7-10,12H2,1-3H3. The summed E-state index contributed by atoms with van der Waals surface area (Å²) in [5.74, 6) is 1.28. The molecule has 1 aliphatic rings. The van der Waals surface area contributed by atoms with Gasteiger partial charge in [0.15, 0.2) is 11.5 Å². The van der Waals surface area contributed by atoms with Gasteiger partial charge >= 0.3 is 6.09 Å². The molecule has 2 amide bonds. The van der Waals surface area contributed by atoms with Gasteiger partial charge in [0, 0.05) is 26.2 Å². The Morgan fingerprint density at radius 3 is 2.21 bits per heavy atom. The fourth-order valence-corrected chi connectivity index (χ4v) is 2.63. The summed E-state index contributed by atoms with van der Waals surface area (Å²) in [6, 6.07) is 5.46. The number of carbonyl (C=O) groups excluding carboxylic acids is 2. The van der Waals surface area contributed by atoms with Gasteiger partial charge in [0.1, 0.15) is 0 Å². The van der Waals surface area contributed by atoms with Crippen molar-refractivity contribution in [3.8, 4) is 11.5 Å². The van der Waals surface area contributed by atoms with Gasteiger partial charge in [-0.25, -0.2) is 4.79 Å². The molecule has 1 fully saturated rings. The maximum atomic E-state index is 12.4. The second kappa shape index (κ2) is 8.42. The normalized spacial score (nSPS) is 14.3. The van der Waals surface area contributed by atoms with Crippen LogP contribution in [0.1, 0.15) is 12.5 Å². The van der Waals surface area contributed by atoms with Crippen LogP contribution in [0.4, 0.5) is 4.79 Å². The van der Waals surface area contributed by atoms with Crippen molar-refractivity contribution in [3.05, 3.63) is 23.8 Å². The molecule has 0 radical (unpaired) electrons. The summed E-state index contributed by atoms with van der Waals surface area (Å²) in [5, 5.41) is 0. The van der Waals surface area contributed by atoms with E-state index in [1.54, 1.807) is 37.0 Å². The van der Waals surface area contributed by atoms with Crippen molar-refractivity contribution in [1.82, 2.24) is 9.80 Å². The van der Waals surface area contributed by atoms with E-state index < -0.39 is 0 Å². The van der Waals surface area contributed by atoms with Crippen LogP contribution in [0.25, 0.3) is 0 Å². The highest BCUT2D eigenvalue weighted by atomic mass is 16.6. The van der Waals surface area contributed by atoms with Crippen molar-refractivity contribution < 1.29 is 23.8 Å². The summed E-state index contributed by atoms with van der Waals surface area (Å²) in [4.78, 5) is 27.5. The smallest absolute Gasteiger partial charge is 0.409 e. The highest BCUT2D eigenvalue weighted by Crippen LogP contribution is 2.27. The molecular weight excluding hydrogens is 312 g/mol. The Bertz CT molecular complexity index is 582. The first kappa shape index (κ1) is 17.9. The number of hydrogen-bond donors (Lipinski definition) is 0. The van der Waals surface area contributed by atoms with E-state index in [-0.39, 0.29) is 12.0 Å². The van der Waals surface area contributed by atoms with Crippen molar-refractivity contribution in [2.45, 2.75) is 13.3 Å². The zero-order valence-electron chi connectivity index (χ0n) is 14.4. The number of methoxy groups -OCH3 is 2. The van der Waals surface area contributed by atoms with Crippen molar-refractivity contribution in [3.63, 3.8) is 0 Å². The van der Waals surface area contributed by atoms with Crippen LogP contribution in [0.3, 0.4) is 0 Å². The van der Waals surface area contributed by atoms with Gasteiger partial charge < -0.3 is 24.0 Å². The molecule has 1 aromatic carbocycles. The van der Waals surface area contributed by atoms with Crippen LogP contribution < -0.4 is 9.47 Å². The molecule has 0 spiro atoms. The Kier molecular flexibility index (Phi) is 6.28. The number of rotatable bonds is 5. The van der Waals surface area contributed by atoms with Gasteiger partial charge in [-0.2, -0.15) is 0 Å². The summed E-state index contributed by atoms with van der Waals surface area (Å²) >= 11 is 0. The van der Waals surface area contributed by atoms with Crippen LogP contribution >= 0.6 is 0 Å². The molecule has 7 heteroatoms. The van der Waals surface area contributed by atoms with E-state index in [4.69, 9.17) is 14.2 Å². The minimum absolute atomic E-state index is 0.0331. The lowest BCUT2D eigenvalue weighted by Gasteiger charge is -2.34. The third-order valence-electron chi connectivity index (χ3n) is 3.96. The van der Waals surface area contributed by atoms with Gasteiger partial charge in [-0.3, -0.25) is 4.79 Å². The predicted octanol–water partition coefficient (Wildman–Crippen LogP) is 1.55. The van der Waals surface area contributed by atoms with Crippen LogP contribution in [0.2, 0.25) is 0 Å². The molecule has 2 rings (SSSR count). The minimum Gasteiger partial charge on any atom is -0.493 e. The number of piperazine rings is 1. The lowest BCUT2D eigenvalue weighted by atomic mass is 10.1. The van der Waals surface area contributed by atoms with Crippen molar-refractivity contribution in [1.29, 1.82) is 0 Å². The lowest BCUT2D eigenvalue weighted by molar-refractivity contribution is -0.132. The number of nitrogens with zero attached hydrogens (tertiary/aromatic N) is 2. The first-order valence-electron chi connectivity index (χ1n) is 7.99. The molecule has 1 aromatic rings. The maximum Gasteiger partial charge on any atom is 0.409 e. The fourth-order valence-electron chi connectivity index (χ4n) is 2.63. The second-order valence-corrected chi connectivity index (χ2v) is 5.43. The topological polar surface area (TPSA) is 68.3 Å². The van der Waals surface area contributed by atoms with Gasteiger partial charge in [0.05, 0.1) is 27.2 Å². The summed E-state index contributed by atoms with van der Waals surface area (Å²) in [5.41, 5.74) is 0.866. The van der Waals surface area contributed by atoms with Crippen molar-refractivity contribution in [2.24, 2.45) is 0 Å². The van der Waals surface area contributed by atoms with Gasteiger partial charge in [-0.05, 0) is 24.6 Å². The zero-order valence-corrected chi connectivity index (χ0v) is 14.4. The Hall–Kier alpha value is -2.44. The van der Waals surface area contributed by atoms with E-state index in [1.807, 2.05) is 12.1 Å². The second-order valence-electron chi connectivity index (χ2n) is 5.43. The molecule has 132 valence electrons. The van der Waals surface area contributed by atoms with Gasteiger partial charge in [-0.1, -0.05) is 6.07 Å². The van der Waals surface area contributed by atoms with E-state index in [0.717, 1.165) is 5.56 Å². The molecule has 7 nitrogen and oxygen atoms in total. The van der Waals surface area contributed by atoms with Crippen LogP contribution in [0, 0.1) is 0 Å². The number of benzene rings is 1. The van der Waals surface area contributed by atoms with Crippen LogP contribution in [0.15, 0.2) is 18.2 Å². The molecule has 1 aliphatic heterocycles. The maximum absolute atomic E-state index is 12.4. The molecule has 0 atom stereocenters. The zero-order chi connectivity index (χ0) is 17.5. The van der Waals surface area contributed by atoms with Crippen LogP contribution in [0.5, 0.6) is 11.5 Å². The molecule has 24 heavy (non-hydrogen) atoms. The van der Waals surface area contributed by atoms with E-state index in [2.05, 4.69) is 0 Å². The SMILES string of the molecule is CCOC(=O)N1CCN(C(=O)Cc2ccc(OC)c(OC)c2)CC1. The monoisotopic (exact) mass is 336 g/mol. The number of ether oxygens (including phenoxy) is 3. The van der Waals surface area contributed by atoms with Crippen molar-refractivity contribution in [2.75, 3.05) is 47.0 Å². The van der Waals surface area contributed by atoms with Crippen LogP contribution in [-0.2, 0) is 16.0 Å². The summed E-state index contributed by atoms with van der Waals surface area (Å²) in [6.45, 7) is 4.17. The van der Waals surface area contributed by atoms with Crippen LogP contribution in [-0.4, -0.2) is 68.8 Å². The molecular formula is C17H24N2O5. The van der Waals surface area contributed by atoms with Gasteiger partial charge in [0.25, 0.3) is 0 Å². The first-order chi connectivity index (χ1) is 11.6. The summed E-state index contributed by atoms with van der Waals surface area (Å²) in [6.07, 6.45) is -0.0239. The highest BCUT2D eigenvalue weighted by Gasteiger charge is 2.24. The Labute approximate surface area is 142 Å². The van der Waals surface area contributed by atoms with E-state index in [9.17, 15) is 9.59 Å². The van der Waals surface area contributed by atoms with E-state index in [1.165, 1.54) is 0 Å². The van der Waals surface area contributed by atoms with E-state index >= 15 is 0 Å². The quantitative estimate of drug-likeness (QED) is 0.816. The first-order valence-corrected chi connectivity index (χ1v) is 7.99. The minimum atomic E-state index is -0.315. The Morgan fingerprint density at radius 1 is 1.00 bits per heavy atom. The summed E-state index contributed by atoms with van der Waals surface area (Å²) < 4.78 is 15.4. The molecule has 0 aromatic heterocycles. The molecule has 1 saturated heterocycles. The average molecular weight is 336 g/mol. The Morgan fingerprint density at radius 2 is 1.62 bits per heavy atom. The Balaban J connectivity index is 1.91. The fraction of sp³-hybridized carbons (Fsp3) is 0.529.